The molecule has 144 valence electrons. The van der Waals surface area contributed by atoms with Crippen molar-refractivity contribution >= 4 is 0 Å². The number of pyridine rings is 1. The number of hydrogen-bond donors (Lipinski definition) is 1. The van der Waals surface area contributed by atoms with Crippen LogP contribution >= 0.6 is 0 Å². The van der Waals surface area contributed by atoms with E-state index in [-0.39, 0.29) is 6.10 Å². The average molecular weight is 374 g/mol. The zero-order valence-corrected chi connectivity index (χ0v) is 16.0. The monoisotopic (exact) mass is 374 g/mol. The van der Waals surface area contributed by atoms with Gasteiger partial charge in [0.25, 0.3) is 0 Å². The zero-order chi connectivity index (χ0) is 18.9. The van der Waals surface area contributed by atoms with Crippen LogP contribution in [0.5, 0.6) is 0 Å². The summed E-state index contributed by atoms with van der Waals surface area (Å²) >= 11 is 0. The van der Waals surface area contributed by atoms with E-state index in [4.69, 9.17) is 5.10 Å². The summed E-state index contributed by atoms with van der Waals surface area (Å²) in [5.41, 5.74) is 4.43. The van der Waals surface area contributed by atoms with Gasteiger partial charge in [0, 0.05) is 48.3 Å². The summed E-state index contributed by atoms with van der Waals surface area (Å²) in [6.45, 7) is 0.881. The molecule has 5 nitrogen and oxygen atoms in total. The molecule has 28 heavy (non-hydrogen) atoms. The predicted molar refractivity (Wildman–Crippen MR) is 109 cm³/mol. The van der Waals surface area contributed by atoms with Crippen molar-refractivity contribution in [3.05, 3.63) is 66.6 Å². The molecule has 2 aliphatic rings. The Labute approximate surface area is 165 Å². The SMILES string of the molecule is OC1C[C@H]2CCC[C@@H](C1)N2Cc1cn(-c2ccccc2)nc1-c1ccncc1. The highest BCUT2D eigenvalue weighted by molar-refractivity contribution is 5.62. The van der Waals surface area contributed by atoms with Gasteiger partial charge in [-0.15, -0.1) is 0 Å². The van der Waals surface area contributed by atoms with Crippen molar-refractivity contribution in [3.63, 3.8) is 0 Å². The molecule has 2 saturated heterocycles. The minimum absolute atomic E-state index is 0.140. The Morgan fingerprint density at radius 3 is 2.39 bits per heavy atom. The van der Waals surface area contributed by atoms with E-state index in [1.54, 1.807) is 0 Å². The second kappa shape index (κ2) is 7.49. The van der Waals surface area contributed by atoms with Gasteiger partial charge in [-0.1, -0.05) is 24.6 Å². The van der Waals surface area contributed by atoms with E-state index >= 15 is 0 Å². The van der Waals surface area contributed by atoms with Crippen LogP contribution < -0.4 is 0 Å². The number of fused-ring (bicyclic) bond motifs is 2. The number of rotatable bonds is 4. The van der Waals surface area contributed by atoms with Gasteiger partial charge < -0.3 is 5.11 Å². The molecule has 3 atom stereocenters. The molecule has 1 N–H and O–H groups in total. The number of aliphatic hydroxyl groups is 1. The third-order valence-corrected chi connectivity index (χ3v) is 6.22. The Hall–Kier alpha value is -2.50. The maximum atomic E-state index is 10.2. The van der Waals surface area contributed by atoms with Crippen LogP contribution in [0, 0.1) is 0 Å². The Bertz CT molecular complexity index is 910. The lowest BCUT2D eigenvalue weighted by atomic mass is 9.82. The topological polar surface area (TPSA) is 54.2 Å². The van der Waals surface area contributed by atoms with Crippen LogP contribution in [0.3, 0.4) is 0 Å². The first-order chi connectivity index (χ1) is 13.8. The largest absolute Gasteiger partial charge is 0.393 e. The molecule has 5 rings (SSSR count). The molecule has 3 aromatic rings. The molecule has 2 aromatic heterocycles. The van der Waals surface area contributed by atoms with E-state index < -0.39 is 0 Å². The molecule has 1 unspecified atom stereocenters. The van der Waals surface area contributed by atoms with Crippen molar-refractivity contribution < 1.29 is 5.11 Å². The average Bonchev–Trinajstić information content (AvgIpc) is 3.14. The maximum absolute atomic E-state index is 10.2. The first-order valence-electron chi connectivity index (χ1n) is 10.3. The second-order valence-corrected chi connectivity index (χ2v) is 8.06. The minimum atomic E-state index is -0.140. The summed E-state index contributed by atoms with van der Waals surface area (Å²) in [6, 6.07) is 15.3. The van der Waals surface area contributed by atoms with Crippen LogP contribution in [0.2, 0.25) is 0 Å². The Balaban J connectivity index is 1.52. The summed E-state index contributed by atoms with van der Waals surface area (Å²) in [6.07, 6.45) is 11.1. The van der Waals surface area contributed by atoms with Crippen molar-refractivity contribution in [3.8, 4) is 16.9 Å². The maximum Gasteiger partial charge on any atom is 0.0973 e. The van der Waals surface area contributed by atoms with E-state index in [0.717, 1.165) is 36.3 Å². The molecule has 2 aliphatic heterocycles. The fourth-order valence-electron chi connectivity index (χ4n) is 4.90. The molecule has 0 saturated carbocycles. The number of para-hydroxylation sites is 1. The molecule has 1 aromatic carbocycles. The van der Waals surface area contributed by atoms with E-state index in [1.807, 2.05) is 47.4 Å². The van der Waals surface area contributed by atoms with Crippen LogP contribution in [0.15, 0.2) is 61.1 Å². The number of benzene rings is 1. The lowest BCUT2D eigenvalue weighted by Crippen LogP contribution is -2.52. The van der Waals surface area contributed by atoms with Gasteiger partial charge in [-0.05, 0) is 49.9 Å². The molecule has 2 bridgehead atoms. The normalized spacial score (nSPS) is 25.0. The third-order valence-electron chi connectivity index (χ3n) is 6.22. The molecule has 2 fully saturated rings. The van der Waals surface area contributed by atoms with Gasteiger partial charge in [0.2, 0.25) is 0 Å². The van der Waals surface area contributed by atoms with E-state index in [2.05, 4.69) is 28.2 Å². The van der Waals surface area contributed by atoms with Crippen molar-refractivity contribution in [2.75, 3.05) is 0 Å². The zero-order valence-electron chi connectivity index (χ0n) is 16.0. The number of hydrogen-bond acceptors (Lipinski definition) is 4. The van der Waals surface area contributed by atoms with E-state index in [9.17, 15) is 5.11 Å². The first kappa shape index (κ1) is 17.6. The summed E-state index contributed by atoms with van der Waals surface area (Å²) in [5.74, 6) is 0. The number of piperidine rings is 2. The first-order valence-corrected chi connectivity index (χ1v) is 10.3. The highest BCUT2D eigenvalue weighted by atomic mass is 16.3. The molecule has 4 heterocycles. The second-order valence-electron chi connectivity index (χ2n) is 8.06. The van der Waals surface area contributed by atoms with Gasteiger partial charge in [-0.2, -0.15) is 5.10 Å². The highest BCUT2D eigenvalue weighted by Crippen LogP contribution is 2.36. The van der Waals surface area contributed by atoms with Crippen molar-refractivity contribution in [1.82, 2.24) is 19.7 Å². The van der Waals surface area contributed by atoms with Crippen LogP contribution in [-0.4, -0.2) is 43.0 Å². The lowest BCUT2D eigenvalue weighted by molar-refractivity contribution is -0.0311. The van der Waals surface area contributed by atoms with Gasteiger partial charge >= 0.3 is 0 Å². The number of aliphatic hydroxyl groups excluding tert-OH is 1. The fraction of sp³-hybridized carbons (Fsp3) is 0.391. The van der Waals surface area contributed by atoms with E-state index in [1.165, 1.54) is 24.8 Å². The van der Waals surface area contributed by atoms with Crippen LogP contribution in [0.25, 0.3) is 16.9 Å². The molecular weight excluding hydrogens is 348 g/mol. The summed E-state index contributed by atoms with van der Waals surface area (Å²) in [7, 11) is 0. The minimum Gasteiger partial charge on any atom is -0.393 e. The van der Waals surface area contributed by atoms with Crippen LogP contribution in [0.1, 0.15) is 37.7 Å². The molecule has 0 amide bonds. The van der Waals surface area contributed by atoms with Crippen LogP contribution in [0.4, 0.5) is 0 Å². The summed E-state index contributed by atoms with van der Waals surface area (Å²) < 4.78 is 1.99. The number of nitrogens with zero attached hydrogens (tertiary/aromatic N) is 4. The van der Waals surface area contributed by atoms with Crippen molar-refractivity contribution in [2.45, 2.75) is 56.8 Å². The van der Waals surface area contributed by atoms with E-state index in [0.29, 0.717) is 12.1 Å². The van der Waals surface area contributed by atoms with Crippen LogP contribution in [-0.2, 0) is 6.54 Å². The predicted octanol–water partition coefficient (Wildman–Crippen LogP) is 3.81. The fourth-order valence-corrected chi connectivity index (χ4v) is 4.90. The van der Waals surface area contributed by atoms with Gasteiger partial charge in [-0.25, -0.2) is 4.68 Å². The third kappa shape index (κ3) is 3.36. The molecular formula is C23H26N4O. The Morgan fingerprint density at radius 1 is 0.964 bits per heavy atom. The molecule has 0 aliphatic carbocycles. The molecule has 0 radical (unpaired) electrons. The summed E-state index contributed by atoms with van der Waals surface area (Å²) in [5, 5.41) is 15.2. The lowest BCUT2D eigenvalue weighted by Gasteiger charge is -2.47. The Morgan fingerprint density at radius 2 is 1.68 bits per heavy atom. The standard InChI is InChI=1S/C23H26N4O/c28-22-13-20-7-4-8-21(14-22)26(20)15-18-16-27(19-5-2-1-3-6-19)25-23(18)17-9-11-24-12-10-17/h1-3,5-6,9-12,16,20-22,28H,4,7-8,13-15H2/t20-,21+,22?. The summed E-state index contributed by atoms with van der Waals surface area (Å²) in [4.78, 5) is 6.78. The van der Waals surface area contributed by atoms with Crippen molar-refractivity contribution in [2.24, 2.45) is 0 Å². The van der Waals surface area contributed by atoms with Gasteiger partial charge in [-0.3, -0.25) is 9.88 Å². The van der Waals surface area contributed by atoms with Crippen molar-refractivity contribution in [1.29, 1.82) is 0 Å². The molecule has 0 spiro atoms. The quantitative estimate of drug-likeness (QED) is 0.754. The van der Waals surface area contributed by atoms with Gasteiger partial charge in [0.05, 0.1) is 17.5 Å². The van der Waals surface area contributed by atoms with Gasteiger partial charge in [0.1, 0.15) is 0 Å². The molecule has 5 heteroatoms. The van der Waals surface area contributed by atoms with Gasteiger partial charge in [0.15, 0.2) is 0 Å². The number of aromatic nitrogens is 3. The Kier molecular flexibility index (Phi) is 4.71. The smallest absolute Gasteiger partial charge is 0.0973 e. The highest BCUT2D eigenvalue weighted by Gasteiger charge is 2.38.